The summed E-state index contributed by atoms with van der Waals surface area (Å²) in [6, 6.07) is 0. The van der Waals surface area contributed by atoms with Gasteiger partial charge in [0.2, 0.25) is 0 Å². The maximum Gasteiger partial charge on any atom is 0.0199 e. The van der Waals surface area contributed by atoms with Crippen LogP contribution in [0.3, 0.4) is 0 Å². The Morgan fingerprint density at radius 2 is 1.75 bits per heavy atom. The van der Waals surface area contributed by atoms with Crippen molar-refractivity contribution < 1.29 is 0 Å². The normalized spacial score (nSPS) is 46.5. The smallest absolute Gasteiger partial charge is 0.0199 e. The fourth-order valence-corrected chi connectivity index (χ4v) is 9.04. The van der Waals surface area contributed by atoms with E-state index in [0.717, 1.165) is 35.5 Å². The Bertz CT molecular complexity index is 591. The molecule has 8 atom stereocenters. The molecule has 0 aromatic rings. The van der Waals surface area contributed by atoms with Crippen LogP contribution in [0.5, 0.6) is 0 Å². The third-order valence-corrected chi connectivity index (χ3v) is 10.7. The van der Waals surface area contributed by atoms with Crippen LogP contribution in [0.25, 0.3) is 0 Å². The summed E-state index contributed by atoms with van der Waals surface area (Å²) in [5.41, 5.74) is 2.93. The van der Waals surface area contributed by atoms with Crippen LogP contribution >= 0.6 is 12.6 Å². The van der Waals surface area contributed by atoms with Crippen LogP contribution in [0, 0.1) is 46.3 Å². The molecule has 1 heteroatoms. The molecular formula is C27H46S. The predicted octanol–water partition coefficient (Wildman–Crippen LogP) is 8.33. The Morgan fingerprint density at radius 3 is 2.50 bits per heavy atom. The van der Waals surface area contributed by atoms with Gasteiger partial charge in [0, 0.05) is 5.25 Å². The Kier molecular flexibility index (Phi) is 6.07. The van der Waals surface area contributed by atoms with Gasteiger partial charge in [-0.3, -0.25) is 0 Å². The largest absolute Gasteiger partial charge is 0.172 e. The third-order valence-electron chi connectivity index (χ3n) is 10.3. The van der Waals surface area contributed by atoms with Crippen molar-refractivity contribution in [1.29, 1.82) is 0 Å². The summed E-state index contributed by atoms with van der Waals surface area (Å²) in [7, 11) is 0. The van der Waals surface area contributed by atoms with Crippen molar-refractivity contribution in [2.24, 2.45) is 46.3 Å². The van der Waals surface area contributed by atoms with Crippen LogP contribution in [-0.4, -0.2) is 5.25 Å². The maximum atomic E-state index is 4.81. The summed E-state index contributed by atoms with van der Waals surface area (Å²) in [6.45, 7) is 12.7. The summed E-state index contributed by atoms with van der Waals surface area (Å²) in [5, 5.41) is 0.524. The first-order valence-corrected chi connectivity index (χ1v) is 13.2. The van der Waals surface area contributed by atoms with Crippen LogP contribution < -0.4 is 0 Å². The van der Waals surface area contributed by atoms with E-state index >= 15 is 0 Å². The number of fused-ring (bicyclic) bond motifs is 5. The van der Waals surface area contributed by atoms with E-state index in [0.29, 0.717) is 16.1 Å². The number of rotatable bonds is 5. The van der Waals surface area contributed by atoms with Crippen molar-refractivity contribution in [3.63, 3.8) is 0 Å². The third kappa shape index (κ3) is 3.54. The van der Waals surface area contributed by atoms with Crippen molar-refractivity contribution in [3.8, 4) is 0 Å². The monoisotopic (exact) mass is 402 g/mol. The van der Waals surface area contributed by atoms with E-state index < -0.39 is 0 Å². The van der Waals surface area contributed by atoms with Crippen LogP contribution in [0.4, 0.5) is 0 Å². The highest BCUT2D eigenvalue weighted by Gasteiger charge is 2.59. The van der Waals surface area contributed by atoms with E-state index in [1.165, 1.54) is 70.6 Å². The molecule has 28 heavy (non-hydrogen) atoms. The zero-order chi connectivity index (χ0) is 20.1. The van der Waals surface area contributed by atoms with Gasteiger partial charge in [-0.1, -0.05) is 65.5 Å². The van der Waals surface area contributed by atoms with E-state index in [4.69, 9.17) is 12.6 Å². The standard InChI is InChI=1S/C27H46S/c1-18(2)7-6-8-19(3)23-11-12-24-22-10-9-20-17-21(28)13-15-26(20,4)25(22)14-16-27(23,24)5/h17-19,21-25,28H,6-16H2,1-5H3/t19-,21-,22-,23+,24+,25-,26-,27+/m0/s1. The van der Waals surface area contributed by atoms with Gasteiger partial charge in [-0.15, -0.1) is 0 Å². The molecule has 0 nitrogen and oxygen atoms in total. The van der Waals surface area contributed by atoms with Crippen LogP contribution in [-0.2, 0) is 0 Å². The molecule has 4 aliphatic carbocycles. The molecule has 0 N–H and O–H groups in total. The molecule has 160 valence electrons. The minimum Gasteiger partial charge on any atom is -0.172 e. The molecule has 0 aromatic carbocycles. The molecule has 3 fully saturated rings. The molecule has 0 heterocycles. The summed E-state index contributed by atoms with van der Waals surface area (Å²) in [6.07, 6.45) is 18.5. The molecule has 4 aliphatic rings. The number of hydrogen-bond acceptors (Lipinski definition) is 1. The lowest BCUT2D eigenvalue weighted by Crippen LogP contribution is -2.51. The van der Waals surface area contributed by atoms with Gasteiger partial charge in [-0.05, 0) is 97.7 Å². The van der Waals surface area contributed by atoms with Gasteiger partial charge in [-0.2, -0.15) is 12.6 Å². The molecule has 0 saturated heterocycles. The molecular weight excluding hydrogens is 356 g/mol. The van der Waals surface area contributed by atoms with Crippen LogP contribution in [0.1, 0.15) is 105 Å². The number of hydrogen-bond donors (Lipinski definition) is 1. The number of thiol groups is 1. The van der Waals surface area contributed by atoms with E-state index in [-0.39, 0.29) is 0 Å². The molecule has 0 aromatic heterocycles. The first-order chi connectivity index (χ1) is 13.3. The molecule has 0 aliphatic heterocycles. The first-order valence-electron chi connectivity index (χ1n) is 12.6. The van der Waals surface area contributed by atoms with Crippen molar-refractivity contribution in [1.82, 2.24) is 0 Å². The lowest BCUT2D eigenvalue weighted by atomic mass is 9.46. The Labute approximate surface area is 181 Å². The van der Waals surface area contributed by atoms with Gasteiger partial charge in [0.05, 0.1) is 0 Å². The second-order valence-electron chi connectivity index (χ2n) is 12.2. The SMILES string of the molecule is CC(C)CCC[C@H](C)[C@H]1CC[C@@H]2[C@@H]3CCC4=C[C@@H](S)CC[C@]4(C)[C@H]3CC[C@@]21C. The fourth-order valence-electron chi connectivity index (χ4n) is 8.73. The van der Waals surface area contributed by atoms with Crippen LogP contribution in [0.2, 0.25) is 0 Å². The fraction of sp³-hybridized carbons (Fsp3) is 0.926. The van der Waals surface area contributed by atoms with Gasteiger partial charge in [0.25, 0.3) is 0 Å². The molecule has 3 saturated carbocycles. The second-order valence-corrected chi connectivity index (χ2v) is 12.8. The summed E-state index contributed by atoms with van der Waals surface area (Å²) in [4.78, 5) is 0. The highest BCUT2D eigenvalue weighted by molar-refractivity contribution is 7.81. The molecule has 0 unspecified atom stereocenters. The summed E-state index contributed by atoms with van der Waals surface area (Å²) in [5.74, 6) is 5.76. The average molecular weight is 403 g/mol. The minimum absolute atomic E-state index is 0.504. The van der Waals surface area contributed by atoms with Crippen molar-refractivity contribution in [3.05, 3.63) is 11.6 Å². The van der Waals surface area contributed by atoms with Crippen molar-refractivity contribution in [2.75, 3.05) is 0 Å². The Hall–Kier alpha value is 0.0900. The van der Waals surface area contributed by atoms with E-state index in [1.807, 2.05) is 0 Å². The molecule has 0 bridgehead atoms. The molecule has 4 rings (SSSR count). The lowest BCUT2D eigenvalue weighted by molar-refractivity contribution is -0.0590. The quantitative estimate of drug-likeness (QED) is 0.347. The maximum absolute atomic E-state index is 4.81. The van der Waals surface area contributed by atoms with E-state index in [2.05, 4.69) is 40.7 Å². The molecule has 0 spiro atoms. The summed E-state index contributed by atoms with van der Waals surface area (Å²) >= 11 is 4.81. The summed E-state index contributed by atoms with van der Waals surface area (Å²) < 4.78 is 0. The van der Waals surface area contributed by atoms with Gasteiger partial charge < -0.3 is 0 Å². The van der Waals surface area contributed by atoms with Crippen molar-refractivity contribution in [2.45, 2.75) is 110 Å². The average Bonchev–Trinajstić information content (AvgIpc) is 2.99. The topological polar surface area (TPSA) is 0 Å². The zero-order valence-corrected chi connectivity index (χ0v) is 20.2. The van der Waals surface area contributed by atoms with Crippen molar-refractivity contribution >= 4 is 12.6 Å². The second kappa shape index (κ2) is 7.97. The van der Waals surface area contributed by atoms with E-state index in [9.17, 15) is 0 Å². The Morgan fingerprint density at radius 1 is 0.964 bits per heavy atom. The predicted molar refractivity (Wildman–Crippen MR) is 126 cm³/mol. The zero-order valence-electron chi connectivity index (χ0n) is 19.3. The highest BCUT2D eigenvalue weighted by atomic mass is 32.1. The number of allylic oxidation sites excluding steroid dienone is 1. The molecule has 0 amide bonds. The van der Waals surface area contributed by atoms with Crippen LogP contribution in [0.15, 0.2) is 11.6 Å². The highest BCUT2D eigenvalue weighted by Crippen LogP contribution is 2.67. The lowest BCUT2D eigenvalue weighted by Gasteiger charge is -2.59. The van der Waals surface area contributed by atoms with Gasteiger partial charge in [0.1, 0.15) is 0 Å². The van der Waals surface area contributed by atoms with E-state index in [1.54, 1.807) is 5.57 Å². The van der Waals surface area contributed by atoms with Gasteiger partial charge in [0.15, 0.2) is 0 Å². The Balaban J connectivity index is 1.48. The van der Waals surface area contributed by atoms with Gasteiger partial charge >= 0.3 is 0 Å². The van der Waals surface area contributed by atoms with Gasteiger partial charge in [-0.25, -0.2) is 0 Å². The molecule has 0 radical (unpaired) electrons. The first kappa shape index (κ1) is 21.3. The minimum atomic E-state index is 0.504.